The molecule has 28 heavy (non-hydrogen) atoms. The van der Waals surface area contributed by atoms with E-state index in [1.807, 2.05) is 55.2 Å². The number of ether oxygens (including phenoxy) is 1. The molecule has 1 heterocycles. The fraction of sp³-hybridized carbons (Fsp3) is 0.375. The zero-order valence-electron chi connectivity index (χ0n) is 17.1. The topological polar surface area (TPSA) is 32.8 Å². The van der Waals surface area contributed by atoms with Crippen molar-refractivity contribution in [3.8, 4) is 0 Å². The number of benzene rings is 2. The van der Waals surface area contributed by atoms with Crippen molar-refractivity contribution in [2.75, 3.05) is 31.6 Å². The van der Waals surface area contributed by atoms with Crippen LogP contribution in [0.25, 0.3) is 5.57 Å². The molecule has 0 aliphatic carbocycles. The van der Waals surface area contributed by atoms with E-state index in [0.29, 0.717) is 13.2 Å². The standard InChI is InChI=1S/C24H30N2O2/c1-4-26(5-2)24(27)16-20-15-21(18-28-17-19-11-7-6-8-12-19)25(3)23-14-10-9-13-22(20)23/h6-14,16,21H,4-5,15,17-18H2,1-3H3/b20-16+. The van der Waals surface area contributed by atoms with Gasteiger partial charge in [-0.3, -0.25) is 4.79 Å². The molecule has 148 valence electrons. The van der Waals surface area contributed by atoms with Crippen LogP contribution in [0.3, 0.4) is 0 Å². The quantitative estimate of drug-likeness (QED) is 0.671. The maximum absolute atomic E-state index is 12.7. The molecular formula is C24H30N2O2. The molecule has 2 aromatic carbocycles. The molecule has 0 bridgehead atoms. The lowest BCUT2D eigenvalue weighted by Crippen LogP contribution is -2.39. The predicted octanol–water partition coefficient (Wildman–Crippen LogP) is 4.36. The van der Waals surface area contributed by atoms with E-state index in [1.54, 1.807) is 0 Å². The Hall–Kier alpha value is -2.59. The van der Waals surface area contributed by atoms with Gasteiger partial charge >= 0.3 is 0 Å². The molecule has 1 aliphatic heterocycles. The molecule has 1 amide bonds. The summed E-state index contributed by atoms with van der Waals surface area (Å²) in [5.74, 6) is 0.0864. The SMILES string of the molecule is CCN(CC)C(=O)/C=C1\CC(COCc2ccccc2)N(C)c2ccccc21. The Kier molecular flexibility index (Phi) is 6.88. The second-order valence-corrected chi connectivity index (χ2v) is 7.17. The van der Waals surface area contributed by atoms with Gasteiger partial charge in [-0.05, 0) is 37.5 Å². The summed E-state index contributed by atoms with van der Waals surface area (Å²) in [7, 11) is 2.11. The Balaban J connectivity index is 1.77. The number of amides is 1. The molecule has 0 aromatic heterocycles. The second kappa shape index (κ2) is 9.56. The smallest absolute Gasteiger partial charge is 0.246 e. The fourth-order valence-corrected chi connectivity index (χ4v) is 3.72. The number of carbonyl (C=O) groups excluding carboxylic acids is 1. The Bertz CT molecular complexity index is 812. The number of carbonyl (C=O) groups is 1. The minimum atomic E-state index is 0.0864. The average molecular weight is 379 g/mol. The van der Waals surface area contributed by atoms with Crippen molar-refractivity contribution < 1.29 is 9.53 Å². The summed E-state index contributed by atoms with van der Waals surface area (Å²) in [6.07, 6.45) is 2.62. The van der Waals surface area contributed by atoms with E-state index in [4.69, 9.17) is 4.74 Å². The zero-order chi connectivity index (χ0) is 19.9. The van der Waals surface area contributed by atoms with Gasteiger partial charge < -0.3 is 14.5 Å². The number of likely N-dealkylation sites (N-methyl/N-ethyl adjacent to an activating group) is 2. The third-order valence-corrected chi connectivity index (χ3v) is 5.43. The molecule has 1 aliphatic rings. The molecule has 0 saturated heterocycles. The highest BCUT2D eigenvalue weighted by Gasteiger charge is 2.27. The van der Waals surface area contributed by atoms with Gasteiger partial charge in [0.05, 0.1) is 19.3 Å². The predicted molar refractivity (Wildman–Crippen MR) is 115 cm³/mol. The molecule has 4 nitrogen and oxygen atoms in total. The minimum Gasteiger partial charge on any atom is -0.375 e. The first-order chi connectivity index (χ1) is 13.6. The lowest BCUT2D eigenvalue weighted by molar-refractivity contribution is -0.125. The number of rotatable bonds is 7. The maximum atomic E-state index is 12.7. The first-order valence-electron chi connectivity index (χ1n) is 10.1. The Morgan fingerprint density at radius 2 is 1.79 bits per heavy atom. The van der Waals surface area contributed by atoms with Gasteiger partial charge in [0.25, 0.3) is 0 Å². The minimum absolute atomic E-state index is 0.0864. The second-order valence-electron chi connectivity index (χ2n) is 7.17. The van der Waals surface area contributed by atoms with Crippen LogP contribution in [-0.2, 0) is 16.1 Å². The van der Waals surface area contributed by atoms with Crippen LogP contribution < -0.4 is 4.90 Å². The third kappa shape index (κ3) is 4.63. The van der Waals surface area contributed by atoms with Crippen molar-refractivity contribution in [1.29, 1.82) is 0 Å². The summed E-state index contributed by atoms with van der Waals surface area (Å²) in [6.45, 7) is 6.71. The summed E-state index contributed by atoms with van der Waals surface area (Å²) < 4.78 is 6.02. The van der Waals surface area contributed by atoms with E-state index in [2.05, 4.69) is 36.2 Å². The normalized spacial score (nSPS) is 17.5. The Morgan fingerprint density at radius 1 is 1.11 bits per heavy atom. The van der Waals surface area contributed by atoms with Crippen molar-refractivity contribution in [3.05, 3.63) is 71.8 Å². The van der Waals surface area contributed by atoms with Crippen LogP contribution >= 0.6 is 0 Å². The van der Waals surface area contributed by atoms with Gasteiger partial charge in [-0.1, -0.05) is 48.5 Å². The summed E-state index contributed by atoms with van der Waals surface area (Å²) in [5, 5.41) is 0. The molecule has 0 N–H and O–H groups in total. The number of nitrogens with zero attached hydrogens (tertiary/aromatic N) is 2. The van der Waals surface area contributed by atoms with Crippen LogP contribution in [0, 0.1) is 0 Å². The van der Waals surface area contributed by atoms with E-state index in [9.17, 15) is 4.79 Å². The van der Waals surface area contributed by atoms with Crippen LogP contribution in [0.5, 0.6) is 0 Å². The van der Waals surface area contributed by atoms with Crippen LogP contribution in [0.15, 0.2) is 60.7 Å². The number of anilines is 1. The van der Waals surface area contributed by atoms with Crippen molar-refractivity contribution in [1.82, 2.24) is 4.90 Å². The van der Waals surface area contributed by atoms with Crippen molar-refractivity contribution in [3.63, 3.8) is 0 Å². The fourth-order valence-electron chi connectivity index (χ4n) is 3.72. The molecule has 4 heteroatoms. The Morgan fingerprint density at radius 3 is 2.50 bits per heavy atom. The van der Waals surface area contributed by atoms with Crippen molar-refractivity contribution in [2.45, 2.75) is 32.9 Å². The number of hydrogen-bond acceptors (Lipinski definition) is 3. The van der Waals surface area contributed by atoms with Crippen molar-refractivity contribution in [2.24, 2.45) is 0 Å². The highest BCUT2D eigenvalue weighted by molar-refractivity contribution is 5.97. The Labute approximate surface area is 168 Å². The molecule has 2 aromatic rings. The van der Waals surface area contributed by atoms with Crippen LogP contribution in [0.4, 0.5) is 5.69 Å². The van der Waals surface area contributed by atoms with E-state index < -0.39 is 0 Å². The largest absolute Gasteiger partial charge is 0.375 e. The summed E-state index contributed by atoms with van der Waals surface area (Å²) in [5.41, 5.74) is 4.57. The summed E-state index contributed by atoms with van der Waals surface area (Å²) in [4.78, 5) is 16.8. The summed E-state index contributed by atoms with van der Waals surface area (Å²) in [6, 6.07) is 18.7. The number of hydrogen-bond donors (Lipinski definition) is 0. The molecule has 3 rings (SSSR count). The first kappa shape index (κ1) is 20.2. The van der Waals surface area contributed by atoms with Crippen molar-refractivity contribution >= 4 is 17.2 Å². The lowest BCUT2D eigenvalue weighted by atomic mass is 9.91. The highest BCUT2D eigenvalue weighted by atomic mass is 16.5. The molecule has 1 unspecified atom stereocenters. The van der Waals surface area contributed by atoms with Gasteiger partial charge in [-0.2, -0.15) is 0 Å². The van der Waals surface area contributed by atoms with Gasteiger partial charge in [-0.25, -0.2) is 0 Å². The number of para-hydroxylation sites is 1. The van der Waals surface area contributed by atoms with Crippen LogP contribution in [-0.4, -0.2) is 43.6 Å². The van der Waals surface area contributed by atoms with Gasteiger partial charge in [0.15, 0.2) is 0 Å². The molecule has 1 atom stereocenters. The maximum Gasteiger partial charge on any atom is 0.246 e. The van der Waals surface area contributed by atoms with Crippen LogP contribution in [0.1, 0.15) is 31.4 Å². The van der Waals surface area contributed by atoms with Gasteiger partial charge in [0.2, 0.25) is 5.91 Å². The van der Waals surface area contributed by atoms with E-state index in [1.165, 1.54) is 5.56 Å². The monoisotopic (exact) mass is 378 g/mol. The zero-order valence-corrected chi connectivity index (χ0v) is 17.1. The highest BCUT2D eigenvalue weighted by Crippen LogP contribution is 2.37. The van der Waals surface area contributed by atoms with E-state index in [0.717, 1.165) is 36.3 Å². The average Bonchev–Trinajstić information content (AvgIpc) is 2.73. The lowest BCUT2D eigenvalue weighted by Gasteiger charge is -2.37. The molecule has 0 saturated carbocycles. The van der Waals surface area contributed by atoms with E-state index >= 15 is 0 Å². The van der Waals surface area contributed by atoms with Gasteiger partial charge in [-0.15, -0.1) is 0 Å². The molecular weight excluding hydrogens is 348 g/mol. The van der Waals surface area contributed by atoms with E-state index in [-0.39, 0.29) is 11.9 Å². The van der Waals surface area contributed by atoms with Crippen LogP contribution in [0.2, 0.25) is 0 Å². The summed E-state index contributed by atoms with van der Waals surface area (Å²) >= 11 is 0. The first-order valence-corrected chi connectivity index (χ1v) is 10.1. The molecule has 0 spiro atoms. The van der Waals surface area contributed by atoms with Gasteiger partial charge in [0, 0.05) is 37.5 Å². The molecule has 0 fully saturated rings. The molecule has 0 radical (unpaired) electrons. The van der Waals surface area contributed by atoms with Gasteiger partial charge in [0.1, 0.15) is 0 Å². The third-order valence-electron chi connectivity index (χ3n) is 5.43. The number of fused-ring (bicyclic) bond motifs is 1.